The smallest absolute Gasteiger partial charge is 0.254 e. The van der Waals surface area contributed by atoms with E-state index in [0.29, 0.717) is 43.8 Å². The van der Waals surface area contributed by atoms with E-state index in [0.717, 1.165) is 67.4 Å². The SMILES string of the molecule is CN1CC2(CCCCc3ccccc3OCCCC1=O)CCN(C(=O)c1cc(-c3ccccn3)nc3ccccc13)CC2. The normalized spacial score (nSPS) is 18.1. The maximum atomic E-state index is 14.1. The molecule has 0 aliphatic carbocycles. The van der Waals surface area contributed by atoms with Gasteiger partial charge in [-0.2, -0.15) is 0 Å². The van der Waals surface area contributed by atoms with Crippen LogP contribution in [0.4, 0.5) is 0 Å². The molecule has 4 heterocycles. The Morgan fingerprint density at radius 2 is 1.65 bits per heavy atom. The first-order chi connectivity index (χ1) is 21.0. The van der Waals surface area contributed by atoms with Crippen molar-refractivity contribution in [3.63, 3.8) is 0 Å². The average molecular weight is 577 g/mol. The summed E-state index contributed by atoms with van der Waals surface area (Å²) in [5.74, 6) is 1.14. The topological polar surface area (TPSA) is 75.6 Å². The molecular formula is C36H40N4O3. The van der Waals surface area contributed by atoms with Crippen LogP contribution in [0.5, 0.6) is 5.75 Å². The number of fused-ring (bicyclic) bond motifs is 2. The van der Waals surface area contributed by atoms with Gasteiger partial charge in [0.05, 0.1) is 29.1 Å². The molecule has 0 saturated carbocycles. The predicted molar refractivity (Wildman–Crippen MR) is 169 cm³/mol. The van der Waals surface area contributed by atoms with E-state index in [1.54, 1.807) is 6.20 Å². The molecule has 1 fully saturated rings. The van der Waals surface area contributed by atoms with Crippen LogP contribution < -0.4 is 4.74 Å². The minimum absolute atomic E-state index is 0.000749. The molecule has 2 aromatic carbocycles. The summed E-state index contributed by atoms with van der Waals surface area (Å²) in [6.45, 7) is 2.62. The molecule has 6 rings (SSSR count). The van der Waals surface area contributed by atoms with Gasteiger partial charge in [-0.25, -0.2) is 4.98 Å². The molecule has 4 aromatic rings. The van der Waals surface area contributed by atoms with Crippen molar-refractivity contribution in [3.8, 4) is 17.1 Å². The number of pyridine rings is 2. The van der Waals surface area contributed by atoms with Crippen LogP contribution in [-0.2, 0) is 11.2 Å². The molecule has 1 saturated heterocycles. The van der Waals surface area contributed by atoms with Gasteiger partial charge in [0.2, 0.25) is 5.91 Å². The van der Waals surface area contributed by atoms with Gasteiger partial charge in [0.1, 0.15) is 5.75 Å². The summed E-state index contributed by atoms with van der Waals surface area (Å²) < 4.78 is 6.04. The van der Waals surface area contributed by atoms with Gasteiger partial charge >= 0.3 is 0 Å². The monoisotopic (exact) mass is 576 g/mol. The van der Waals surface area contributed by atoms with Gasteiger partial charge in [0, 0.05) is 44.7 Å². The standard InChI is InChI=1S/C36H40N4O3/c1-39-26-36(18-8-6-12-27-11-2-5-16-33(27)43-24-10-17-34(39)41)19-22-40(23-20-36)35(42)29-25-32(31-15-7-9-21-37-31)38-30-14-4-3-13-28(29)30/h2-5,7,9,11,13-16,21,25H,6,8,10,12,17-20,22-24,26H2,1H3. The Bertz CT molecular complexity index is 1580. The van der Waals surface area contributed by atoms with E-state index in [4.69, 9.17) is 9.72 Å². The van der Waals surface area contributed by atoms with Gasteiger partial charge in [0.25, 0.3) is 5.91 Å². The van der Waals surface area contributed by atoms with E-state index in [-0.39, 0.29) is 17.2 Å². The van der Waals surface area contributed by atoms with E-state index in [2.05, 4.69) is 17.1 Å². The maximum Gasteiger partial charge on any atom is 0.254 e. The fraction of sp³-hybridized carbons (Fsp3) is 0.389. The third kappa shape index (κ3) is 6.56. The molecule has 43 heavy (non-hydrogen) atoms. The second-order valence-electron chi connectivity index (χ2n) is 12.1. The lowest BCUT2D eigenvalue weighted by Crippen LogP contribution is -2.48. The molecule has 0 bridgehead atoms. The van der Waals surface area contributed by atoms with Crippen LogP contribution in [-0.4, -0.2) is 64.9 Å². The Morgan fingerprint density at radius 1 is 0.860 bits per heavy atom. The molecule has 0 N–H and O–H groups in total. The lowest BCUT2D eigenvalue weighted by Gasteiger charge is -2.44. The number of amides is 2. The lowest BCUT2D eigenvalue weighted by molar-refractivity contribution is -0.132. The molecule has 2 aromatic heterocycles. The van der Waals surface area contributed by atoms with Gasteiger partial charge in [-0.15, -0.1) is 0 Å². The maximum absolute atomic E-state index is 14.1. The van der Waals surface area contributed by atoms with Gasteiger partial charge in [-0.3, -0.25) is 14.6 Å². The largest absolute Gasteiger partial charge is 0.493 e. The summed E-state index contributed by atoms with van der Waals surface area (Å²) in [5, 5.41) is 0.861. The fourth-order valence-corrected chi connectivity index (χ4v) is 6.69. The highest BCUT2D eigenvalue weighted by molar-refractivity contribution is 6.07. The molecule has 1 spiro atoms. The molecule has 0 unspecified atom stereocenters. The van der Waals surface area contributed by atoms with Crippen molar-refractivity contribution in [2.75, 3.05) is 33.3 Å². The summed E-state index contributed by atoms with van der Waals surface area (Å²) in [4.78, 5) is 40.4. The van der Waals surface area contributed by atoms with Crippen molar-refractivity contribution >= 4 is 22.7 Å². The first kappa shape index (κ1) is 28.8. The predicted octanol–water partition coefficient (Wildman–Crippen LogP) is 6.56. The molecule has 2 amide bonds. The van der Waals surface area contributed by atoms with Crippen LogP contribution in [0, 0.1) is 5.41 Å². The third-order valence-corrected chi connectivity index (χ3v) is 9.15. The molecule has 2 aliphatic rings. The van der Waals surface area contributed by atoms with Crippen LogP contribution >= 0.6 is 0 Å². The summed E-state index contributed by atoms with van der Waals surface area (Å²) >= 11 is 0. The zero-order valence-corrected chi connectivity index (χ0v) is 25.0. The summed E-state index contributed by atoms with van der Waals surface area (Å²) in [7, 11) is 1.94. The molecule has 222 valence electrons. The molecule has 2 aliphatic heterocycles. The highest BCUT2D eigenvalue weighted by atomic mass is 16.5. The van der Waals surface area contributed by atoms with E-state index < -0.39 is 0 Å². The second kappa shape index (κ2) is 12.9. The van der Waals surface area contributed by atoms with E-state index >= 15 is 0 Å². The number of nitrogens with zero attached hydrogens (tertiary/aromatic N) is 4. The van der Waals surface area contributed by atoms with Crippen LogP contribution in [0.3, 0.4) is 0 Å². The number of ether oxygens (including phenoxy) is 1. The van der Waals surface area contributed by atoms with Crippen molar-refractivity contribution < 1.29 is 14.3 Å². The Kier molecular flexibility index (Phi) is 8.68. The van der Waals surface area contributed by atoms with Gasteiger partial charge in [-0.05, 0) is 79.8 Å². The molecule has 0 atom stereocenters. The number of piperidine rings is 1. The van der Waals surface area contributed by atoms with Crippen LogP contribution in [0.1, 0.15) is 60.9 Å². The molecule has 0 radical (unpaired) electrons. The zero-order valence-electron chi connectivity index (χ0n) is 25.0. The first-order valence-corrected chi connectivity index (χ1v) is 15.6. The number of rotatable bonds is 2. The van der Waals surface area contributed by atoms with E-state index in [1.165, 1.54) is 5.56 Å². The second-order valence-corrected chi connectivity index (χ2v) is 12.1. The quantitative estimate of drug-likeness (QED) is 0.270. The Hall–Kier alpha value is -4.26. The highest BCUT2D eigenvalue weighted by Crippen LogP contribution is 2.39. The summed E-state index contributed by atoms with van der Waals surface area (Å²) in [6.07, 6.45) is 8.86. The average Bonchev–Trinajstić information content (AvgIpc) is 3.05. The number of likely N-dealkylation sites (tertiary alicyclic amines) is 1. The number of para-hydroxylation sites is 2. The van der Waals surface area contributed by atoms with Crippen molar-refractivity contribution in [2.45, 2.75) is 51.4 Å². The lowest BCUT2D eigenvalue weighted by atomic mass is 9.73. The van der Waals surface area contributed by atoms with Crippen LogP contribution in [0.25, 0.3) is 22.3 Å². The number of hydrogen-bond acceptors (Lipinski definition) is 5. The van der Waals surface area contributed by atoms with Gasteiger partial charge < -0.3 is 14.5 Å². The number of carbonyl (C=O) groups excluding carboxylic acids is 2. The summed E-state index contributed by atoms with van der Waals surface area (Å²) in [5.41, 5.74) is 4.16. The van der Waals surface area contributed by atoms with Crippen molar-refractivity contribution in [1.29, 1.82) is 0 Å². The number of aryl methyl sites for hydroxylation is 1. The van der Waals surface area contributed by atoms with E-state index in [1.807, 2.05) is 77.5 Å². The van der Waals surface area contributed by atoms with Crippen LogP contribution in [0.15, 0.2) is 79.0 Å². The first-order valence-electron chi connectivity index (χ1n) is 15.6. The van der Waals surface area contributed by atoms with Crippen molar-refractivity contribution in [1.82, 2.24) is 19.8 Å². The number of benzene rings is 2. The number of hydrogen-bond donors (Lipinski definition) is 0. The Morgan fingerprint density at radius 3 is 2.49 bits per heavy atom. The molecular weight excluding hydrogens is 536 g/mol. The summed E-state index contributed by atoms with van der Waals surface area (Å²) in [6, 6.07) is 23.8. The van der Waals surface area contributed by atoms with Gasteiger partial charge in [-0.1, -0.05) is 48.9 Å². The number of carbonyl (C=O) groups is 2. The van der Waals surface area contributed by atoms with Crippen molar-refractivity contribution in [2.24, 2.45) is 5.41 Å². The Balaban J connectivity index is 1.20. The zero-order chi connectivity index (χ0) is 29.6. The number of aromatic nitrogens is 2. The van der Waals surface area contributed by atoms with Crippen molar-refractivity contribution in [3.05, 3.63) is 90.1 Å². The Labute approximate surface area is 253 Å². The highest BCUT2D eigenvalue weighted by Gasteiger charge is 2.38. The van der Waals surface area contributed by atoms with Crippen LogP contribution in [0.2, 0.25) is 0 Å². The molecule has 7 nitrogen and oxygen atoms in total. The fourth-order valence-electron chi connectivity index (χ4n) is 6.69. The van der Waals surface area contributed by atoms with E-state index in [9.17, 15) is 9.59 Å². The molecule has 7 heteroatoms. The minimum atomic E-state index is 0.000749. The third-order valence-electron chi connectivity index (χ3n) is 9.15. The van der Waals surface area contributed by atoms with Gasteiger partial charge in [0.15, 0.2) is 0 Å². The minimum Gasteiger partial charge on any atom is -0.493 e.